The highest BCUT2D eigenvalue weighted by molar-refractivity contribution is 5.88. The normalized spacial score (nSPS) is 32.9. The van der Waals surface area contributed by atoms with Crippen LogP contribution in [0.25, 0.3) is 0 Å². The second-order valence-corrected chi connectivity index (χ2v) is 4.24. The van der Waals surface area contributed by atoms with E-state index in [0.29, 0.717) is 0 Å². The van der Waals surface area contributed by atoms with E-state index in [2.05, 4.69) is 10.1 Å². The zero-order valence-electron chi connectivity index (χ0n) is 9.78. The van der Waals surface area contributed by atoms with Crippen LogP contribution >= 0.6 is 0 Å². The predicted octanol–water partition coefficient (Wildman–Crippen LogP) is -0.319. The van der Waals surface area contributed by atoms with Crippen molar-refractivity contribution in [1.29, 1.82) is 0 Å². The number of carbonyl (C=O) groups excluding carboxylic acids is 1. The Hall–Kier alpha value is -1.47. The van der Waals surface area contributed by atoms with Crippen molar-refractivity contribution in [2.75, 3.05) is 0 Å². The van der Waals surface area contributed by atoms with Crippen LogP contribution in [0.5, 0.6) is 0 Å². The first-order valence-corrected chi connectivity index (χ1v) is 5.59. The zero-order chi connectivity index (χ0) is 12.6. The first kappa shape index (κ1) is 12.0. The van der Waals surface area contributed by atoms with Gasteiger partial charge in [-0.3, -0.25) is 4.79 Å². The molecule has 0 aromatic carbocycles. The Morgan fingerprint density at radius 3 is 2.88 bits per heavy atom. The van der Waals surface area contributed by atoms with Gasteiger partial charge in [-0.15, -0.1) is 5.10 Å². The van der Waals surface area contributed by atoms with E-state index < -0.39 is 18.2 Å². The van der Waals surface area contributed by atoms with Gasteiger partial charge in [0.25, 0.3) is 5.91 Å². The topological polar surface area (TPSA) is 103 Å². The van der Waals surface area contributed by atoms with Crippen LogP contribution in [-0.2, 0) is 4.74 Å². The van der Waals surface area contributed by atoms with Gasteiger partial charge in [0.05, 0.1) is 6.10 Å². The van der Waals surface area contributed by atoms with Gasteiger partial charge in [0.15, 0.2) is 6.23 Å². The van der Waals surface area contributed by atoms with Crippen LogP contribution in [0.2, 0.25) is 0 Å². The van der Waals surface area contributed by atoms with Gasteiger partial charge in [0.2, 0.25) is 5.82 Å². The van der Waals surface area contributed by atoms with Crippen molar-refractivity contribution in [3.63, 3.8) is 0 Å². The molecule has 1 aromatic rings. The molecule has 0 saturated carbocycles. The number of aromatic nitrogens is 3. The molecule has 4 atom stereocenters. The molecule has 0 radical (unpaired) electrons. The second kappa shape index (κ2) is 4.42. The molecule has 1 amide bonds. The molecular weight excluding hydrogens is 224 g/mol. The molecule has 7 heteroatoms. The van der Waals surface area contributed by atoms with Gasteiger partial charge in [0.1, 0.15) is 12.4 Å². The Morgan fingerprint density at radius 1 is 1.71 bits per heavy atom. The number of ether oxygens (including phenoxy) is 1. The first-order chi connectivity index (χ1) is 8.04. The van der Waals surface area contributed by atoms with Crippen LogP contribution < -0.4 is 5.73 Å². The summed E-state index contributed by atoms with van der Waals surface area (Å²) in [6, 6.07) is 0. The maximum absolute atomic E-state index is 10.9. The maximum Gasteiger partial charge on any atom is 0.288 e. The van der Waals surface area contributed by atoms with E-state index in [-0.39, 0.29) is 17.8 Å². The molecule has 7 nitrogen and oxygen atoms in total. The van der Waals surface area contributed by atoms with Gasteiger partial charge in [-0.05, 0) is 6.42 Å². The molecule has 17 heavy (non-hydrogen) atoms. The van der Waals surface area contributed by atoms with Gasteiger partial charge in [0, 0.05) is 5.92 Å². The fourth-order valence-corrected chi connectivity index (χ4v) is 2.06. The zero-order valence-corrected chi connectivity index (χ0v) is 9.78. The van der Waals surface area contributed by atoms with Crippen LogP contribution in [0.3, 0.4) is 0 Å². The van der Waals surface area contributed by atoms with E-state index in [1.807, 2.05) is 13.8 Å². The summed E-state index contributed by atoms with van der Waals surface area (Å²) in [7, 11) is 0. The van der Waals surface area contributed by atoms with Gasteiger partial charge < -0.3 is 15.6 Å². The molecule has 0 bridgehead atoms. The minimum absolute atomic E-state index is 0.0174. The van der Waals surface area contributed by atoms with Gasteiger partial charge in [-0.1, -0.05) is 13.8 Å². The third-order valence-electron chi connectivity index (χ3n) is 3.12. The van der Waals surface area contributed by atoms with Gasteiger partial charge in [-0.2, -0.15) is 0 Å². The lowest BCUT2D eigenvalue weighted by Gasteiger charge is -2.14. The number of amides is 1. The van der Waals surface area contributed by atoms with Crippen molar-refractivity contribution < 1.29 is 14.6 Å². The van der Waals surface area contributed by atoms with Crippen molar-refractivity contribution in [1.82, 2.24) is 14.8 Å². The summed E-state index contributed by atoms with van der Waals surface area (Å²) in [4.78, 5) is 14.6. The number of carbonyl (C=O) groups is 1. The first-order valence-electron chi connectivity index (χ1n) is 5.59. The largest absolute Gasteiger partial charge is 0.388 e. The van der Waals surface area contributed by atoms with Crippen molar-refractivity contribution >= 4 is 5.91 Å². The number of aliphatic hydroxyl groups excluding tert-OH is 1. The number of primary amides is 1. The summed E-state index contributed by atoms with van der Waals surface area (Å²) >= 11 is 0. The van der Waals surface area contributed by atoms with Crippen LogP contribution in [-0.4, -0.2) is 38.0 Å². The number of aliphatic hydroxyl groups is 1. The summed E-state index contributed by atoms with van der Waals surface area (Å²) < 4.78 is 7.02. The number of rotatable bonds is 3. The lowest BCUT2D eigenvalue weighted by Crippen LogP contribution is -2.25. The lowest BCUT2D eigenvalue weighted by molar-refractivity contribution is -0.0451. The molecule has 1 aliphatic heterocycles. The molecule has 2 rings (SSSR count). The highest BCUT2D eigenvalue weighted by Gasteiger charge is 2.41. The summed E-state index contributed by atoms with van der Waals surface area (Å²) in [5.41, 5.74) is 5.06. The van der Waals surface area contributed by atoms with E-state index >= 15 is 0 Å². The van der Waals surface area contributed by atoms with E-state index in [0.717, 1.165) is 6.42 Å². The summed E-state index contributed by atoms with van der Waals surface area (Å²) in [5, 5.41) is 13.9. The summed E-state index contributed by atoms with van der Waals surface area (Å²) in [6.45, 7) is 3.91. The molecule has 0 aliphatic carbocycles. The fraction of sp³-hybridized carbons (Fsp3) is 0.700. The average molecular weight is 240 g/mol. The molecule has 1 aliphatic rings. The van der Waals surface area contributed by atoms with E-state index in [1.165, 1.54) is 11.0 Å². The molecule has 1 fully saturated rings. The van der Waals surface area contributed by atoms with Gasteiger partial charge >= 0.3 is 0 Å². The SMILES string of the molecule is CCC1OC(n2cnc(C(N)=O)n2)C(O)C1C. The Balaban J connectivity index is 2.19. The second-order valence-electron chi connectivity index (χ2n) is 4.24. The Kier molecular flexibility index (Phi) is 3.12. The van der Waals surface area contributed by atoms with Crippen LogP contribution in [0.15, 0.2) is 6.33 Å². The molecule has 2 heterocycles. The minimum Gasteiger partial charge on any atom is -0.388 e. The third-order valence-corrected chi connectivity index (χ3v) is 3.12. The van der Waals surface area contributed by atoms with E-state index in [9.17, 15) is 9.90 Å². The predicted molar refractivity (Wildman–Crippen MR) is 57.9 cm³/mol. The molecule has 3 N–H and O–H groups in total. The monoisotopic (exact) mass is 240 g/mol. The summed E-state index contributed by atoms with van der Waals surface area (Å²) in [6.07, 6.45) is 0.874. The molecule has 4 unspecified atom stereocenters. The number of hydrogen-bond donors (Lipinski definition) is 2. The van der Waals surface area contributed by atoms with E-state index in [1.54, 1.807) is 0 Å². The lowest BCUT2D eigenvalue weighted by atomic mass is 9.99. The molecular formula is C10H16N4O3. The Bertz CT molecular complexity index is 419. The quantitative estimate of drug-likeness (QED) is 0.753. The fourth-order valence-electron chi connectivity index (χ4n) is 2.06. The highest BCUT2D eigenvalue weighted by Crippen LogP contribution is 2.34. The van der Waals surface area contributed by atoms with Crippen molar-refractivity contribution in [3.05, 3.63) is 12.2 Å². The average Bonchev–Trinajstić information content (AvgIpc) is 2.87. The van der Waals surface area contributed by atoms with Crippen LogP contribution in [0.1, 0.15) is 37.1 Å². The molecule has 94 valence electrons. The highest BCUT2D eigenvalue weighted by atomic mass is 16.5. The summed E-state index contributed by atoms with van der Waals surface area (Å²) in [5.74, 6) is -0.754. The van der Waals surface area contributed by atoms with Crippen LogP contribution in [0.4, 0.5) is 0 Å². The maximum atomic E-state index is 10.9. The Morgan fingerprint density at radius 2 is 2.41 bits per heavy atom. The van der Waals surface area contributed by atoms with Crippen molar-refractivity contribution in [2.24, 2.45) is 11.7 Å². The van der Waals surface area contributed by atoms with E-state index in [4.69, 9.17) is 10.5 Å². The minimum atomic E-state index is -0.698. The molecule has 1 saturated heterocycles. The standard InChI is InChI=1S/C10H16N4O3/c1-3-6-5(2)7(15)10(17-6)14-4-12-9(13-14)8(11)16/h4-7,10,15H,3H2,1-2H3,(H2,11,16). The smallest absolute Gasteiger partial charge is 0.288 e. The number of hydrogen-bond acceptors (Lipinski definition) is 5. The van der Waals surface area contributed by atoms with Gasteiger partial charge in [-0.25, -0.2) is 9.67 Å². The number of nitrogens with two attached hydrogens (primary N) is 1. The Labute approximate surface area is 98.6 Å². The number of nitrogens with zero attached hydrogens (tertiary/aromatic N) is 3. The third kappa shape index (κ3) is 2.03. The van der Waals surface area contributed by atoms with Crippen molar-refractivity contribution in [2.45, 2.75) is 38.7 Å². The molecule has 0 spiro atoms. The van der Waals surface area contributed by atoms with Crippen LogP contribution in [0, 0.1) is 5.92 Å². The molecule has 1 aromatic heterocycles. The van der Waals surface area contributed by atoms with Crippen molar-refractivity contribution in [3.8, 4) is 0 Å².